The van der Waals surface area contributed by atoms with Crippen molar-refractivity contribution in [1.29, 1.82) is 0 Å². The average molecular weight is 321 g/mol. The lowest BCUT2D eigenvalue weighted by atomic mass is 10.1. The molecule has 0 spiro atoms. The summed E-state index contributed by atoms with van der Waals surface area (Å²) in [5.41, 5.74) is 5.47. The number of nitrogens with two attached hydrogens (primary N) is 1. The van der Waals surface area contributed by atoms with Crippen molar-refractivity contribution in [1.82, 2.24) is 5.32 Å². The Morgan fingerprint density at radius 1 is 1.75 bits per heavy atom. The molecule has 3 nitrogen and oxygen atoms in total. The highest BCUT2D eigenvalue weighted by molar-refractivity contribution is 9.10. The van der Waals surface area contributed by atoms with Crippen LogP contribution in [0.4, 0.5) is 0 Å². The van der Waals surface area contributed by atoms with E-state index in [-0.39, 0.29) is 11.9 Å². The van der Waals surface area contributed by atoms with Gasteiger partial charge in [0.1, 0.15) is 4.88 Å². The molecule has 3 N–H and O–H groups in total. The monoisotopic (exact) mass is 320 g/mol. The third kappa shape index (κ3) is 3.84. The van der Waals surface area contributed by atoms with Gasteiger partial charge in [-0.15, -0.1) is 11.3 Å². The maximum atomic E-state index is 11.9. The molecular weight excluding hydrogens is 308 g/mol. The zero-order valence-corrected chi connectivity index (χ0v) is 12.0. The van der Waals surface area contributed by atoms with Crippen LogP contribution in [-0.4, -0.2) is 16.9 Å². The van der Waals surface area contributed by atoms with Crippen LogP contribution in [0.2, 0.25) is 0 Å². The van der Waals surface area contributed by atoms with Crippen molar-refractivity contribution in [2.45, 2.75) is 25.8 Å². The van der Waals surface area contributed by atoms with Crippen LogP contribution in [0.3, 0.4) is 0 Å². The van der Waals surface area contributed by atoms with Crippen molar-refractivity contribution in [3.63, 3.8) is 0 Å². The molecule has 1 heterocycles. The molecule has 1 amide bonds. The SMILES string of the molecule is CCC(CC(N)=S)NC(=O)c1sccc1Br. The van der Waals surface area contributed by atoms with E-state index in [0.717, 1.165) is 10.9 Å². The van der Waals surface area contributed by atoms with Crippen LogP contribution >= 0.6 is 39.5 Å². The first-order valence-corrected chi connectivity index (χ1v) is 6.94. The average Bonchev–Trinajstić information content (AvgIpc) is 2.62. The number of hydrogen-bond acceptors (Lipinski definition) is 3. The molecule has 0 radical (unpaired) electrons. The van der Waals surface area contributed by atoms with Gasteiger partial charge < -0.3 is 11.1 Å². The summed E-state index contributed by atoms with van der Waals surface area (Å²) in [6.45, 7) is 1.99. The molecule has 0 aliphatic rings. The zero-order chi connectivity index (χ0) is 12.1. The Bertz CT molecular complexity index is 392. The van der Waals surface area contributed by atoms with E-state index in [1.165, 1.54) is 11.3 Å². The molecule has 0 saturated heterocycles. The first-order chi connectivity index (χ1) is 7.54. The van der Waals surface area contributed by atoms with Crippen molar-refractivity contribution in [2.24, 2.45) is 5.73 Å². The summed E-state index contributed by atoms with van der Waals surface area (Å²) >= 11 is 9.57. The van der Waals surface area contributed by atoms with E-state index in [0.29, 0.717) is 16.3 Å². The molecule has 6 heteroatoms. The second-order valence-corrected chi connectivity index (χ2v) is 5.64. The van der Waals surface area contributed by atoms with Crippen molar-refractivity contribution in [3.05, 3.63) is 20.8 Å². The predicted molar refractivity (Wildman–Crippen MR) is 75.0 cm³/mol. The van der Waals surface area contributed by atoms with Gasteiger partial charge in [-0.05, 0) is 33.8 Å². The molecule has 1 aromatic rings. The largest absolute Gasteiger partial charge is 0.393 e. The standard InChI is InChI=1S/C10H13BrN2OS2/c1-2-6(5-8(12)15)13-10(14)9-7(11)3-4-16-9/h3-4,6H,2,5H2,1H3,(H2,12,15)(H,13,14). The van der Waals surface area contributed by atoms with Crippen molar-refractivity contribution in [2.75, 3.05) is 0 Å². The third-order valence-electron chi connectivity index (χ3n) is 2.10. The minimum absolute atomic E-state index is 0.0130. The molecule has 1 atom stereocenters. The van der Waals surface area contributed by atoms with Gasteiger partial charge in [0.25, 0.3) is 5.91 Å². The molecule has 1 rings (SSSR count). The van der Waals surface area contributed by atoms with Crippen LogP contribution in [0, 0.1) is 0 Å². The highest BCUT2D eigenvalue weighted by atomic mass is 79.9. The van der Waals surface area contributed by atoms with Crippen molar-refractivity contribution < 1.29 is 4.79 Å². The first kappa shape index (κ1) is 13.6. The molecule has 0 aliphatic carbocycles. The van der Waals surface area contributed by atoms with Crippen LogP contribution in [0.15, 0.2) is 15.9 Å². The molecule has 0 saturated carbocycles. The Hall–Kier alpha value is -0.460. The van der Waals surface area contributed by atoms with Crippen LogP contribution < -0.4 is 11.1 Å². The Morgan fingerprint density at radius 2 is 2.44 bits per heavy atom. The number of thiophene rings is 1. The molecule has 0 aliphatic heterocycles. The van der Waals surface area contributed by atoms with Gasteiger partial charge in [0.15, 0.2) is 0 Å². The second kappa shape index (κ2) is 6.32. The van der Waals surface area contributed by atoms with Gasteiger partial charge in [-0.2, -0.15) is 0 Å². The minimum atomic E-state index is -0.0787. The number of halogens is 1. The third-order valence-corrected chi connectivity index (χ3v) is 4.10. The minimum Gasteiger partial charge on any atom is -0.393 e. The summed E-state index contributed by atoms with van der Waals surface area (Å²) in [6, 6.07) is 1.87. The number of thiocarbonyl (C=S) groups is 1. The summed E-state index contributed by atoms with van der Waals surface area (Å²) in [5, 5.41) is 4.78. The van der Waals surface area contributed by atoms with Crippen molar-refractivity contribution in [3.8, 4) is 0 Å². The zero-order valence-electron chi connectivity index (χ0n) is 8.83. The highest BCUT2D eigenvalue weighted by Gasteiger charge is 2.16. The van der Waals surface area contributed by atoms with E-state index in [4.69, 9.17) is 18.0 Å². The predicted octanol–water partition coefficient (Wildman–Crippen LogP) is 2.70. The summed E-state index contributed by atoms with van der Waals surface area (Å²) in [7, 11) is 0. The molecule has 1 unspecified atom stereocenters. The Labute approximate surface area is 113 Å². The van der Waals surface area contributed by atoms with E-state index >= 15 is 0 Å². The lowest BCUT2D eigenvalue weighted by Gasteiger charge is -2.15. The van der Waals surface area contributed by atoms with E-state index < -0.39 is 0 Å². The normalized spacial score (nSPS) is 12.1. The van der Waals surface area contributed by atoms with E-state index in [2.05, 4.69) is 21.2 Å². The fraction of sp³-hybridized carbons (Fsp3) is 0.400. The Kier molecular flexibility index (Phi) is 5.37. The Balaban J connectivity index is 2.62. The number of carbonyl (C=O) groups is 1. The van der Waals surface area contributed by atoms with Gasteiger partial charge in [0, 0.05) is 16.9 Å². The van der Waals surface area contributed by atoms with Gasteiger partial charge in [-0.3, -0.25) is 4.79 Å². The second-order valence-electron chi connectivity index (χ2n) is 3.35. The van der Waals surface area contributed by atoms with Crippen LogP contribution in [-0.2, 0) is 0 Å². The number of rotatable bonds is 5. The van der Waals surface area contributed by atoms with Gasteiger partial charge >= 0.3 is 0 Å². The lowest BCUT2D eigenvalue weighted by molar-refractivity contribution is 0.0940. The molecular formula is C10H13BrN2OS2. The Morgan fingerprint density at radius 3 is 2.88 bits per heavy atom. The molecule has 1 aromatic heterocycles. The summed E-state index contributed by atoms with van der Waals surface area (Å²) in [6.07, 6.45) is 1.35. The van der Waals surface area contributed by atoms with Crippen molar-refractivity contribution >= 4 is 50.4 Å². The number of nitrogens with one attached hydrogen (secondary N) is 1. The smallest absolute Gasteiger partial charge is 0.262 e. The van der Waals surface area contributed by atoms with Crippen LogP contribution in [0.1, 0.15) is 29.4 Å². The van der Waals surface area contributed by atoms with Gasteiger partial charge in [-0.25, -0.2) is 0 Å². The molecule has 0 fully saturated rings. The summed E-state index contributed by atoms with van der Waals surface area (Å²) < 4.78 is 0.820. The fourth-order valence-corrected chi connectivity index (χ4v) is 2.90. The topological polar surface area (TPSA) is 55.1 Å². The molecule has 0 aromatic carbocycles. The van der Waals surface area contributed by atoms with Gasteiger partial charge in [-0.1, -0.05) is 19.1 Å². The van der Waals surface area contributed by atoms with Crippen LogP contribution in [0.5, 0.6) is 0 Å². The molecule has 16 heavy (non-hydrogen) atoms. The lowest BCUT2D eigenvalue weighted by Crippen LogP contribution is -2.36. The van der Waals surface area contributed by atoms with Gasteiger partial charge in [0.2, 0.25) is 0 Å². The summed E-state index contributed by atoms with van der Waals surface area (Å²) in [4.78, 5) is 13.0. The quantitative estimate of drug-likeness (QED) is 0.820. The first-order valence-electron chi connectivity index (χ1n) is 4.86. The number of carbonyl (C=O) groups excluding carboxylic acids is 1. The molecule has 88 valence electrons. The van der Waals surface area contributed by atoms with E-state index in [1.54, 1.807) is 0 Å². The highest BCUT2D eigenvalue weighted by Crippen LogP contribution is 2.22. The molecule has 0 bridgehead atoms. The maximum Gasteiger partial charge on any atom is 0.262 e. The summed E-state index contributed by atoms with van der Waals surface area (Å²) in [5.74, 6) is -0.0787. The fourth-order valence-electron chi connectivity index (χ4n) is 1.25. The van der Waals surface area contributed by atoms with E-state index in [9.17, 15) is 4.79 Å². The number of amides is 1. The van der Waals surface area contributed by atoms with Crippen LogP contribution in [0.25, 0.3) is 0 Å². The number of hydrogen-bond donors (Lipinski definition) is 2. The maximum absolute atomic E-state index is 11.9. The van der Waals surface area contributed by atoms with E-state index in [1.807, 2.05) is 18.4 Å². The van der Waals surface area contributed by atoms with Gasteiger partial charge in [0.05, 0.1) is 4.99 Å².